The molecule has 3 amide bonds. The van der Waals surface area contributed by atoms with E-state index in [1.807, 2.05) is 30.3 Å². The van der Waals surface area contributed by atoms with Crippen LogP contribution in [0.4, 0.5) is 9.18 Å². The Bertz CT molecular complexity index is 1110. The summed E-state index contributed by atoms with van der Waals surface area (Å²) in [5, 5.41) is 14.0. The molecule has 0 radical (unpaired) electrons. The van der Waals surface area contributed by atoms with Crippen LogP contribution >= 0.6 is 0 Å². The van der Waals surface area contributed by atoms with Gasteiger partial charge >= 0.3 is 41.6 Å². The van der Waals surface area contributed by atoms with Crippen LogP contribution in [0.15, 0.2) is 60.3 Å². The number of urea groups is 1. The van der Waals surface area contributed by atoms with Crippen LogP contribution in [0.5, 0.6) is 0 Å². The summed E-state index contributed by atoms with van der Waals surface area (Å²) < 4.78 is 14.6. The van der Waals surface area contributed by atoms with E-state index in [-0.39, 0.29) is 40.7 Å². The number of amides is 3. The summed E-state index contributed by atoms with van der Waals surface area (Å²) >= 11 is 0. The minimum atomic E-state index is -1.45. The summed E-state index contributed by atoms with van der Waals surface area (Å²) in [4.78, 5) is 49.7. The number of aliphatic carboxylic acids is 1. The van der Waals surface area contributed by atoms with Crippen molar-refractivity contribution in [3.63, 3.8) is 0 Å². The van der Waals surface area contributed by atoms with Crippen LogP contribution in [0.25, 0.3) is 11.1 Å². The van der Waals surface area contributed by atoms with E-state index >= 15 is 0 Å². The molecule has 0 saturated heterocycles. The maximum atomic E-state index is 14.6. The quantitative estimate of drug-likeness (QED) is 0.448. The van der Waals surface area contributed by atoms with Crippen LogP contribution in [0.2, 0.25) is 0 Å². The van der Waals surface area contributed by atoms with Crippen molar-refractivity contribution in [2.75, 3.05) is 7.05 Å². The minimum absolute atomic E-state index is 0. The van der Waals surface area contributed by atoms with Crippen molar-refractivity contribution in [1.29, 1.82) is 0 Å². The number of nitrogens with zero attached hydrogens (tertiary/aromatic N) is 1. The number of benzene rings is 2. The Labute approximate surface area is 212 Å². The second-order valence-electron chi connectivity index (χ2n) is 7.43. The molecule has 3 N–H and O–H groups in total. The molecule has 2 atom stereocenters. The molecule has 1 unspecified atom stereocenters. The van der Waals surface area contributed by atoms with Crippen molar-refractivity contribution in [3.05, 3.63) is 71.7 Å². The second-order valence-corrected chi connectivity index (χ2v) is 7.43. The average molecular weight is 463 g/mol. The molecule has 0 aliphatic carbocycles. The summed E-state index contributed by atoms with van der Waals surface area (Å²) in [6, 6.07) is 9.65. The Morgan fingerprint density at radius 3 is 2.42 bits per heavy atom. The number of hydrogen-bond acceptors (Lipinski definition) is 4. The third-order valence-electron chi connectivity index (χ3n) is 5.07. The van der Waals surface area contributed by atoms with Gasteiger partial charge in [-0.2, -0.15) is 0 Å². The fraction of sp³-hybridized carbons (Fsp3) is 0.217. The number of Topliss-reactive ketones (excluding diaryl/α,β-unsaturated/α-hetero) is 1. The summed E-state index contributed by atoms with van der Waals surface area (Å²) in [5.41, 5.74) is 1.68. The van der Waals surface area contributed by atoms with Crippen LogP contribution in [-0.2, 0) is 14.4 Å². The zero-order valence-electron chi connectivity index (χ0n) is 17.5. The number of hydrogen-bond donors (Lipinski definition) is 3. The number of carbonyl (C=O) groups is 4. The summed E-state index contributed by atoms with van der Waals surface area (Å²) in [6.07, 6.45) is 0.756. The fourth-order valence-corrected chi connectivity index (χ4v) is 3.45. The summed E-state index contributed by atoms with van der Waals surface area (Å²) in [6.45, 7) is 1.51. The van der Waals surface area contributed by atoms with E-state index < -0.39 is 48.0 Å². The molecule has 0 spiro atoms. The van der Waals surface area contributed by atoms with E-state index in [0.29, 0.717) is 5.56 Å². The number of nitrogens with one attached hydrogen (secondary N) is 2. The SMILES string of the molecule is CC1=CN(C)C(=O)C(NC(=O)N[C@@H](CC(=O)O)c2cc(-c3ccccc3)ccc2F)C1=O.[NaH]. The van der Waals surface area contributed by atoms with Gasteiger partial charge in [0.25, 0.3) is 5.91 Å². The molecule has 10 heteroatoms. The predicted octanol–water partition coefficient (Wildman–Crippen LogP) is 1.97. The topological polar surface area (TPSA) is 116 Å². The number of carboxylic acids is 1. The Morgan fingerprint density at radius 1 is 1.12 bits per heavy atom. The average Bonchev–Trinajstić information content (AvgIpc) is 2.75. The number of carbonyl (C=O) groups excluding carboxylic acids is 3. The first kappa shape index (κ1) is 26.2. The molecule has 0 aromatic heterocycles. The molecule has 0 fully saturated rings. The molecule has 2 aromatic rings. The van der Waals surface area contributed by atoms with Crippen molar-refractivity contribution >= 4 is 53.2 Å². The van der Waals surface area contributed by atoms with Gasteiger partial charge in [-0.1, -0.05) is 36.4 Å². The molecule has 2 aromatic carbocycles. The molecule has 168 valence electrons. The Balaban J connectivity index is 0.00000385. The molecule has 8 nitrogen and oxygen atoms in total. The first-order valence-electron chi connectivity index (χ1n) is 9.80. The summed E-state index contributed by atoms with van der Waals surface area (Å²) in [7, 11) is 1.45. The molecular weight excluding hydrogens is 440 g/mol. The molecular formula is C23H23FN3NaO5. The zero-order chi connectivity index (χ0) is 23.4. The predicted molar refractivity (Wildman–Crippen MR) is 121 cm³/mol. The summed E-state index contributed by atoms with van der Waals surface area (Å²) in [5.74, 6) is -3.17. The molecule has 1 heterocycles. The van der Waals surface area contributed by atoms with E-state index in [0.717, 1.165) is 5.56 Å². The normalized spacial score (nSPS) is 16.4. The van der Waals surface area contributed by atoms with Crippen molar-refractivity contribution < 1.29 is 28.7 Å². The number of likely N-dealkylation sites (N-methyl/N-ethyl adjacent to an activating group) is 1. The maximum absolute atomic E-state index is 14.6. The third-order valence-corrected chi connectivity index (χ3v) is 5.07. The van der Waals surface area contributed by atoms with Gasteiger partial charge in [0.1, 0.15) is 5.82 Å². The number of rotatable bonds is 6. The van der Waals surface area contributed by atoms with Crippen LogP contribution < -0.4 is 10.6 Å². The van der Waals surface area contributed by atoms with E-state index in [1.54, 1.807) is 6.07 Å². The van der Waals surface area contributed by atoms with Crippen molar-refractivity contribution in [2.45, 2.75) is 25.4 Å². The van der Waals surface area contributed by atoms with Gasteiger partial charge in [-0.15, -0.1) is 0 Å². The van der Waals surface area contributed by atoms with Crippen molar-refractivity contribution in [3.8, 4) is 11.1 Å². The van der Waals surface area contributed by atoms with Gasteiger partial charge < -0.3 is 20.6 Å². The van der Waals surface area contributed by atoms with E-state index in [2.05, 4.69) is 10.6 Å². The third kappa shape index (κ3) is 6.28. The fourth-order valence-electron chi connectivity index (χ4n) is 3.45. The van der Waals surface area contributed by atoms with Crippen molar-refractivity contribution in [2.24, 2.45) is 0 Å². The van der Waals surface area contributed by atoms with Crippen molar-refractivity contribution in [1.82, 2.24) is 15.5 Å². The standard InChI is InChI=1S/C23H22FN3O5.Na.H/c1-13-12-27(2)22(31)20(21(13)30)26-23(32)25-18(11-19(28)29)16-10-15(8-9-17(16)24)14-6-4-3-5-7-14;;/h3-10,12,18,20H,11H2,1-2H3,(H,28,29)(H2,25,26,32);;/t18-,20?;;/m0../s1. The van der Waals surface area contributed by atoms with Crippen LogP contribution in [0.1, 0.15) is 24.9 Å². The number of ketones is 1. The monoisotopic (exact) mass is 463 g/mol. The van der Waals surface area contributed by atoms with Gasteiger partial charge in [-0.05, 0) is 30.2 Å². The van der Waals surface area contributed by atoms with Crippen LogP contribution in [0, 0.1) is 5.82 Å². The molecule has 1 aliphatic heterocycles. The Morgan fingerprint density at radius 2 is 1.79 bits per heavy atom. The van der Waals surface area contributed by atoms with Gasteiger partial charge in [0.15, 0.2) is 11.8 Å². The van der Waals surface area contributed by atoms with Crippen LogP contribution in [-0.4, -0.2) is 76.3 Å². The Kier molecular flexibility index (Phi) is 8.92. The van der Waals surface area contributed by atoms with Gasteiger partial charge in [0, 0.05) is 24.4 Å². The first-order chi connectivity index (χ1) is 15.2. The molecule has 0 bridgehead atoms. The van der Waals surface area contributed by atoms with E-state index in [1.165, 1.54) is 37.2 Å². The van der Waals surface area contributed by atoms with Gasteiger partial charge in [0.2, 0.25) is 0 Å². The molecule has 33 heavy (non-hydrogen) atoms. The molecule has 1 aliphatic rings. The van der Waals surface area contributed by atoms with Crippen LogP contribution in [0.3, 0.4) is 0 Å². The Hall–Kier alpha value is -3.01. The van der Waals surface area contributed by atoms with Gasteiger partial charge in [-0.25, -0.2) is 9.18 Å². The zero-order valence-corrected chi connectivity index (χ0v) is 17.5. The number of halogens is 1. The molecule has 0 saturated carbocycles. The number of carboxylic acid groups (broad SMARTS) is 1. The van der Waals surface area contributed by atoms with Gasteiger partial charge in [0.05, 0.1) is 12.5 Å². The second kappa shape index (κ2) is 11.2. The molecule has 3 rings (SSSR count). The van der Waals surface area contributed by atoms with E-state index in [4.69, 9.17) is 0 Å². The van der Waals surface area contributed by atoms with E-state index in [9.17, 15) is 28.7 Å². The first-order valence-corrected chi connectivity index (χ1v) is 9.80. The van der Waals surface area contributed by atoms with Gasteiger partial charge in [-0.3, -0.25) is 14.4 Å².